The van der Waals surface area contributed by atoms with Crippen LogP contribution in [0.1, 0.15) is 78.3 Å². The molecule has 1 saturated heterocycles. The monoisotopic (exact) mass is 536 g/mol. The lowest BCUT2D eigenvalue weighted by Crippen LogP contribution is -2.33. The van der Waals surface area contributed by atoms with Gasteiger partial charge < -0.3 is 14.7 Å². The number of ether oxygens (including phenoxy) is 1. The van der Waals surface area contributed by atoms with Crippen molar-refractivity contribution in [2.45, 2.75) is 69.2 Å². The molecule has 1 aromatic heterocycles. The summed E-state index contributed by atoms with van der Waals surface area (Å²) in [5.74, 6) is -0.390. The fraction of sp³-hybridized carbons (Fsp3) is 0.419. The molecular formula is C31H31F3N2O3. The number of aliphatic carboxylic acids is 1. The molecular weight excluding hydrogens is 505 g/mol. The van der Waals surface area contributed by atoms with Crippen LogP contribution in [0.3, 0.4) is 0 Å². The van der Waals surface area contributed by atoms with Gasteiger partial charge >= 0.3 is 12.1 Å². The van der Waals surface area contributed by atoms with Gasteiger partial charge in [0.05, 0.1) is 12.0 Å². The zero-order chi connectivity index (χ0) is 27.1. The third-order valence-corrected chi connectivity index (χ3v) is 8.64. The number of carboxylic acids is 1. The van der Waals surface area contributed by atoms with Crippen LogP contribution in [0.4, 0.5) is 18.9 Å². The van der Waals surface area contributed by atoms with E-state index >= 15 is 0 Å². The van der Waals surface area contributed by atoms with E-state index in [2.05, 4.69) is 9.88 Å². The molecule has 0 amide bonds. The molecule has 3 atom stereocenters. The summed E-state index contributed by atoms with van der Waals surface area (Å²) in [7, 11) is 0. The van der Waals surface area contributed by atoms with E-state index in [1.54, 1.807) is 18.3 Å². The highest BCUT2D eigenvalue weighted by Gasteiger charge is 2.48. The summed E-state index contributed by atoms with van der Waals surface area (Å²) in [5.41, 5.74) is 3.25. The SMILES string of the molecule is O=C(O)CC1CCN2c3ccc(OCc4ccc(C5CCCC5)c(C(F)(F)F)c4)cc3C(c3ccccn3)C12. The molecule has 3 unspecified atom stereocenters. The zero-order valence-electron chi connectivity index (χ0n) is 21.5. The van der Waals surface area contributed by atoms with Crippen LogP contribution in [0, 0.1) is 5.92 Å². The molecule has 8 heteroatoms. The molecule has 1 saturated carbocycles. The lowest BCUT2D eigenvalue weighted by Gasteiger charge is -2.26. The predicted octanol–water partition coefficient (Wildman–Crippen LogP) is 7.15. The van der Waals surface area contributed by atoms with Crippen molar-refractivity contribution in [3.8, 4) is 5.75 Å². The van der Waals surface area contributed by atoms with Crippen LogP contribution in [-0.2, 0) is 17.6 Å². The summed E-state index contributed by atoms with van der Waals surface area (Å²) >= 11 is 0. The quantitative estimate of drug-likeness (QED) is 0.347. The van der Waals surface area contributed by atoms with Gasteiger partial charge in [-0.05, 0) is 84.2 Å². The molecule has 3 aromatic rings. The van der Waals surface area contributed by atoms with Gasteiger partial charge in [0.15, 0.2) is 0 Å². The molecule has 2 fully saturated rings. The first-order valence-electron chi connectivity index (χ1n) is 13.7. The number of fused-ring (bicyclic) bond motifs is 3. The maximum absolute atomic E-state index is 13.9. The molecule has 2 aromatic carbocycles. The molecule has 0 bridgehead atoms. The molecule has 5 nitrogen and oxygen atoms in total. The number of hydrogen-bond donors (Lipinski definition) is 1. The summed E-state index contributed by atoms with van der Waals surface area (Å²) in [4.78, 5) is 18.5. The molecule has 3 aliphatic rings. The molecule has 0 radical (unpaired) electrons. The number of hydrogen-bond acceptors (Lipinski definition) is 4. The van der Waals surface area contributed by atoms with Gasteiger partial charge in [-0.2, -0.15) is 13.2 Å². The smallest absolute Gasteiger partial charge is 0.416 e. The van der Waals surface area contributed by atoms with Crippen molar-refractivity contribution in [1.82, 2.24) is 4.98 Å². The van der Waals surface area contributed by atoms with E-state index in [0.717, 1.165) is 55.6 Å². The maximum Gasteiger partial charge on any atom is 0.416 e. The van der Waals surface area contributed by atoms with Gasteiger partial charge in [0, 0.05) is 36.1 Å². The van der Waals surface area contributed by atoms with Crippen molar-refractivity contribution in [3.05, 3.63) is 88.7 Å². The highest BCUT2D eigenvalue weighted by atomic mass is 19.4. The van der Waals surface area contributed by atoms with Gasteiger partial charge in [-0.25, -0.2) is 0 Å². The van der Waals surface area contributed by atoms with Crippen molar-refractivity contribution in [3.63, 3.8) is 0 Å². The largest absolute Gasteiger partial charge is 0.489 e. The van der Waals surface area contributed by atoms with E-state index in [9.17, 15) is 23.1 Å². The van der Waals surface area contributed by atoms with Gasteiger partial charge in [0.1, 0.15) is 12.4 Å². The number of rotatable bonds is 7. The minimum absolute atomic E-state index is 0.00885. The molecule has 0 spiro atoms. The summed E-state index contributed by atoms with van der Waals surface area (Å²) in [6, 6.07) is 16.1. The number of pyridine rings is 1. The van der Waals surface area contributed by atoms with Crippen molar-refractivity contribution in [1.29, 1.82) is 0 Å². The number of aromatic nitrogens is 1. The Bertz CT molecular complexity index is 1350. The topological polar surface area (TPSA) is 62.7 Å². The number of halogens is 3. The molecule has 1 N–H and O–H groups in total. The van der Waals surface area contributed by atoms with E-state index in [0.29, 0.717) is 16.9 Å². The fourth-order valence-electron chi connectivity index (χ4n) is 6.97. The third-order valence-electron chi connectivity index (χ3n) is 8.64. The summed E-state index contributed by atoms with van der Waals surface area (Å²) < 4.78 is 47.9. The highest BCUT2D eigenvalue weighted by molar-refractivity contribution is 5.70. The highest BCUT2D eigenvalue weighted by Crippen LogP contribution is 2.52. The van der Waals surface area contributed by atoms with Crippen LogP contribution in [0.25, 0.3) is 0 Å². The van der Waals surface area contributed by atoms with Crippen LogP contribution in [0.5, 0.6) is 5.75 Å². The second-order valence-electron chi connectivity index (χ2n) is 11.0. The van der Waals surface area contributed by atoms with E-state index in [1.165, 1.54) is 6.07 Å². The number of anilines is 1. The summed E-state index contributed by atoms with van der Waals surface area (Å²) in [6.45, 7) is 0.794. The lowest BCUT2D eigenvalue weighted by atomic mass is 9.83. The number of benzene rings is 2. The fourth-order valence-corrected chi connectivity index (χ4v) is 6.97. The Morgan fingerprint density at radius 1 is 1.03 bits per heavy atom. The summed E-state index contributed by atoms with van der Waals surface area (Å²) in [5, 5.41) is 9.51. The Morgan fingerprint density at radius 3 is 2.56 bits per heavy atom. The van der Waals surface area contributed by atoms with Crippen LogP contribution in [0.2, 0.25) is 0 Å². The number of carboxylic acid groups (broad SMARTS) is 1. The molecule has 6 rings (SSSR count). The van der Waals surface area contributed by atoms with Gasteiger partial charge in [0.25, 0.3) is 0 Å². The molecule has 2 aliphatic heterocycles. The lowest BCUT2D eigenvalue weighted by molar-refractivity contribution is -0.139. The number of carbonyl (C=O) groups is 1. The first-order chi connectivity index (χ1) is 18.8. The van der Waals surface area contributed by atoms with Crippen molar-refractivity contribution in [2.24, 2.45) is 5.92 Å². The number of alkyl halides is 3. The second-order valence-corrected chi connectivity index (χ2v) is 11.0. The predicted molar refractivity (Wildman–Crippen MR) is 141 cm³/mol. The van der Waals surface area contributed by atoms with Crippen molar-refractivity contribution >= 4 is 11.7 Å². The first kappa shape index (κ1) is 25.7. The minimum Gasteiger partial charge on any atom is -0.489 e. The van der Waals surface area contributed by atoms with Crippen molar-refractivity contribution in [2.75, 3.05) is 11.4 Å². The third kappa shape index (κ3) is 4.97. The van der Waals surface area contributed by atoms with Gasteiger partial charge in [-0.3, -0.25) is 9.78 Å². The Morgan fingerprint density at radius 2 is 1.85 bits per heavy atom. The summed E-state index contributed by atoms with van der Waals surface area (Å²) in [6.07, 6.45) is 1.78. The van der Waals surface area contributed by atoms with Crippen LogP contribution < -0.4 is 9.64 Å². The standard InChI is InChI=1S/C31H31F3N2O3/c32-31(33,34)25-15-19(8-10-23(25)20-5-1-2-6-20)18-39-22-9-11-27-24(17-22)29(26-7-3-4-13-35-26)30-21(16-28(37)38)12-14-36(27)30/h3-4,7-11,13,15,17,20-21,29-30H,1-2,5-6,12,14,16,18H2,(H,37,38). The average molecular weight is 537 g/mol. The second kappa shape index (κ2) is 10.2. The van der Waals surface area contributed by atoms with Crippen LogP contribution >= 0.6 is 0 Å². The van der Waals surface area contributed by atoms with Crippen molar-refractivity contribution < 1.29 is 27.8 Å². The van der Waals surface area contributed by atoms with E-state index in [-0.39, 0.29) is 36.8 Å². The number of nitrogens with zero attached hydrogens (tertiary/aromatic N) is 2. The molecule has 204 valence electrons. The van der Waals surface area contributed by atoms with E-state index in [1.807, 2.05) is 36.4 Å². The zero-order valence-corrected chi connectivity index (χ0v) is 21.5. The Hall–Kier alpha value is -3.55. The maximum atomic E-state index is 13.9. The first-order valence-corrected chi connectivity index (χ1v) is 13.7. The Balaban J connectivity index is 1.27. The Labute approximate surface area is 225 Å². The van der Waals surface area contributed by atoms with Crippen LogP contribution in [0.15, 0.2) is 60.8 Å². The Kier molecular flexibility index (Phi) is 6.73. The molecule has 39 heavy (non-hydrogen) atoms. The molecule has 3 heterocycles. The normalized spacial score (nSPS) is 22.6. The van der Waals surface area contributed by atoms with Gasteiger partial charge in [-0.1, -0.05) is 31.0 Å². The van der Waals surface area contributed by atoms with Gasteiger partial charge in [0.2, 0.25) is 0 Å². The average Bonchev–Trinajstić information content (AvgIpc) is 3.65. The van der Waals surface area contributed by atoms with Gasteiger partial charge in [-0.15, -0.1) is 0 Å². The van der Waals surface area contributed by atoms with Crippen LogP contribution in [-0.4, -0.2) is 28.6 Å². The van der Waals surface area contributed by atoms with E-state index < -0.39 is 17.7 Å². The molecule has 1 aliphatic carbocycles. The minimum atomic E-state index is -4.41. The van der Waals surface area contributed by atoms with E-state index in [4.69, 9.17) is 4.74 Å².